The van der Waals surface area contributed by atoms with Crippen LogP contribution in [0.5, 0.6) is 0 Å². The number of nitrogens with zero attached hydrogens (tertiary/aromatic N) is 1. The maximum atomic E-state index is 14.6. The normalized spacial score (nSPS) is 43.2. The van der Waals surface area contributed by atoms with Crippen molar-refractivity contribution >= 4 is 35.6 Å². The third-order valence-electron chi connectivity index (χ3n) is 11.7. The number of aliphatic hydroxyl groups is 2. The number of ether oxygens (including phenoxy) is 5. The zero-order chi connectivity index (χ0) is 33.8. The summed E-state index contributed by atoms with van der Waals surface area (Å²) >= 11 is 0. The highest BCUT2D eigenvalue weighted by Crippen LogP contribution is 2.71. The SMILES string of the molecule is COC(=O)[C@H]1OC(=O)[C@@H]2[C@]3(C)C(=O)[C@@H](C[C@]4(O)C5=CC(=O)O[C@@H](C6=CC(=O)O[C@@H]6O)[C@]5(C)CC[C@H]34)[C@@H](OC(=O)c3cccnc3)[C@@]12C. The Bertz CT molecular complexity index is 1700. The molecule has 2 N–H and O–H groups in total. The van der Waals surface area contributed by atoms with Crippen molar-refractivity contribution in [2.24, 2.45) is 34.0 Å². The fourth-order valence-electron chi connectivity index (χ4n) is 9.80. The monoisotopic (exact) mass is 651 g/mol. The number of hydrogen-bond donors (Lipinski definition) is 2. The number of rotatable bonds is 4. The molecular weight excluding hydrogens is 618 g/mol. The van der Waals surface area contributed by atoms with Gasteiger partial charge in [-0.1, -0.05) is 20.8 Å². The molecule has 0 unspecified atom stereocenters. The van der Waals surface area contributed by atoms with Gasteiger partial charge in [0, 0.05) is 46.9 Å². The first-order chi connectivity index (χ1) is 22.1. The molecule has 0 aromatic carbocycles. The second-order valence-corrected chi connectivity index (χ2v) is 13.9. The number of aromatic nitrogens is 1. The molecule has 1 aromatic heterocycles. The molecule has 47 heavy (non-hydrogen) atoms. The highest BCUT2D eigenvalue weighted by molar-refractivity contribution is 6.00. The number of ketones is 1. The summed E-state index contributed by atoms with van der Waals surface area (Å²) in [4.78, 5) is 84.3. The summed E-state index contributed by atoms with van der Waals surface area (Å²) in [5.74, 6) is -8.39. The van der Waals surface area contributed by atoms with E-state index in [-0.39, 0.29) is 36.0 Å². The predicted octanol–water partition coefficient (Wildman–Crippen LogP) is 0.738. The Hall–Kier alpha value is -4.43. The van der Waals surface area contributed by atoms with E-state index in [4.69, 9.17) is 23.7 Å². The van der Waals surface area contributed by atoms with E-state index in [1.807, 2.05) is 0 Å². The summed E-state index contributed by atoms with van der Waals surface area (Å²) < 4.78 is 27.2. The Balaban J connectivity index is 1.39. The Kier molecular flexibility index (Phi) is 6.66. The second-order valence-electron chi connectivity index (χ2n) is 13.9. The maximum absolute atomic E-state index is 14.6. The first kappa shape index (κ1) is 31.2. The molecule has 0 radical (unpaired) electrons. The molecule has 14 nitrogen and oxygen atoms in total. The molecule has 11 atom stereocenters. The lowest BCUT2D eigenvalue weighted by Crippen LogP contribution is -2.75. The molecule has 1 saturated heterocycles. The zero-order valence-corrected chi connectivity index (χ0v) is 26.0. The Labute approximate surface area is 268 Å². The van der Waals surface area contributed by atoms with Gasteiger partial charge in [-0.25, -0.2) is 19.2 Å². The number of carbonyl (C=O) groups excluding carboxylic acids is 6. The van der Waals surface area contributed by atoms with Crippen molar-refractivity contribution in [2.45, 2.75) is 70.2 Å². The molecule has 1 aromatic rings. The van der Waals surface area contributed by atoms with Crippen molar-refractivity contribution < 1.29 is 62.7 Å². The molecule has 248 valence electrons. The average molecular weight is 652 g/mol. The lowest BCUT2D eigenvalue weighted by molar-refractivity contribution is -0.226. The van der Waals surface area contributed by atoms with Crippen LogP contribution in [-0.4, -0.2) is 88.1 Å². The quantitative estimate of drug-likeness (QED) is 0.341. The highest BCUT2D eigenvalue weighted by Gasteiger charge is 2.81. The summed E-state index contributed by atoms with van der Waals surface area (Å²) in [6.45, 7) is 4.83. The van der Waals surface area contributed by atoms with Crippen molar-refractivity contribution in [1.29, 1.82) is 0 Å². The minimum Gasteiger partial charge on any atom is -0.466 e. The minimum atomic E-state index is -1.95. The van der Waals surface area contributed by atoms with Gasteiger partial charge in [0.2, 0.25) is 12.4 Å². The standard InChI is InChI=1S/C33H33NO13/c1-30-8-7-17-31(2)21-28(40)47-25(29(41)43-4)32(21,3)24(46-26(38)14-6-5-9-34-13-14)16(22(31)37)12-33(17,42)18(30)11-20(36)44-23(30)15-10-19(35)45-27(15)39/h5-6,9-11,13,16-17,21,23-25,27,39,42H,7-8,12H2,1-4H3/t16-,17-,21-,23+,24-,25-,27+,30-,31-,32+,33-/m1/s1. The number of methoxy groups -OCH3 is 1. The molecule has 0 amide bonds. The molecule has 7 rings (SSSR count). The molecule has 3 aliphatic heterocycles. The number of fused-ring (bicyclic) bond motifs is 8. The van der Waals surface area contributed by atoms with Crippen LogP contribution >= 0.6 is 0 Å². The highest BCUT2D eigenvalue weighted by atomic mass is 16.6. The predicted molar refractivity (Wildman–Crippen MR) is 152 cm³/mol. The molecule has 4 heterocycles. The fraction of sp³-hybridized carbons (Fsp3) is 0.545. The smallest absolute Gasteiger partial charge is 0.347 e. The summed E-state index contributed by atoms with van der Waals surface area (Å²) in [7, 11) is 1.13. The van der Waals surface area contributed by atoms with E-state index in [0.29, 0.717) is 0 Å². The number of Topliss-reactive ketones (excluding diaryl/α,β-unsaturated/α-hetero) is 1. The van der Waals surface area contributed by atoms with Gasteiger partial charge in [0.05, 0.1) is 35.5 Å². The number of esters is 5. The molecule has 14 heteroatoms. The van der Waals surface area contributed by atoms with Crippen molar-refractivity contribution in [3.8, 4) is 0 Å². The summed E-state index contributed by atoms with van der Waals surface area (Å²) in [6.07, 6.45) is -0.957. The molecular formula is C33H33NO13. The van der Waals surface area contributed by atoms with Gasteiger partial charge in [-0.15, -0.1) is 0 Å². The van der Waals surface area contributed by atoms with Crippen molar-refractivity contribution in [3.63, 3.8) is 0 Å². The van der Waals surface area contributed by atoms with Crippen LogP contribution in [0.3, 0.4) is 0 Å². The van der Waals surface area contributed by atoms with E-state index in [0.717, 1.165) is 19.3 Å². The third kappa shape index (κ3) is 3.94. The van der Waals surface area contributed by atoms with Crippen LogP contribution in [-0.2, 0) is 47.7 Å². The maximum Gasteiger partial charge on any atom is 0.347 e. The number of aliphatic hydroxyl groups excluding tert-OH is 1. The lowest BCUT2D eigenvalue weighted by atomic mass is 9.37. The van der Waals surface area contributed by atoms with Crippen molar-refractivity contribution in [1.82, 2.24) is 4.98 Å². The van der Waals surface area contributed by atoms with Crippen LogP contribution in [0.15, 0.2) is 47.8 Å². The van der Waals surface area contributed by atoms with E-state index in [1.165, 1.54) is 24.5 Å². The van der Waals surface area contributed by atoms with Gasteiger partial charge in [0.25, 0.3) is 0 Å². The Morgan fingerprint density at radius 3 is 2.40 bits per heavy atom. The topological polar surface area (TPSA) is 202 Å². The summed E-state index contributed by atoms with van der Waals surface area (Å²) in [5.41, 5.74) is -6.14. The zero-order valence-electron chi connectivity index (χ0n) is 26.0. The van der Waals surface area contributed by atoms with Gasteiger partial charge in [-0.05, 0) is 37.0 Å². The fourth-order valence-corrected chi connectivity index (χ4v) is 9.80. The largest absolute Gasteiger partial charge is 0.466 e. The van der Waals surface area contributed by atoms with Crippen molar-refractivity contribution in [3.05, 3.63) is 53.4 Å². The van der Waals surface area contributed by atoms with Crippen LogP contribution in [0, 0.1) is 34.0 Å². The van der Waals surface area contributed by atoms with E-state index < -0.39 is 99.8 Å². The van der Waals surface area contributed by atoms with Gasteiger partial charge in [0.1, 0.15) is 18.0 Å². The van der Waals surface area contributed by atoms with E-state index in [9.17, 15) is 39.0 Å². The minimum absolute atomic E-state index is 0.00735. The van der Waals surface area contributed by atoms with Crippen LogP contribution < -0.4 is 0 Å². The molecule has 0 spiro atoms. The van der Waals surface area contributed by atoms with Gasteiger partial charge < -0.3 is 33.9 Å². The van der Waals surface area contributed by atoms with E-state index in [2.05, 4.69) is 4.98 Å². The number of hydrogen-bond acceptors (Lipinski definition) is 14. The number of pyridine rings is 1. The average Bonchev–Trinajstić information content (AvgIpc) is 3.51. The molecule has 4 fully saturated rings. The van der Waals surface area contributed by atoms with E-state index >= 15 is 0 Å². The third-order valence-corrected chi connectivity index (χ3v) is 11.7. The first-order valence-corrected chi connectivity index (χ1v) is 15.3. The Morgan fingerprint density at radius 1 is 1.04 bits per heavy atom. The molecule has 3 aliphatic carbocycles. The van der Waals surface area contributed by atoms with Crippen LogP contribution in [0.4, 0.5) is 0 Å². The van der Waals surface area contributed by atoms with Crippen LogP contribution in [0.2, 0.25) is 0 Å². The first-order valence-electron chi connectivity index (χ1n) is 15.3. The summed E-state index contributed by atoms with van der Waals surface area (Å²) in [6, 6.07) is 2.97. The van der Waals surface area contributed by atoms with E-state index in [1.54, 1.807) is 20.8 Å². The number of carbonyl (C=O) groups is 6. The van der Waals surface area contributed by atoms with Crippen molar-refractivity contribution in [2.75, 3.05) is 7.11 Å². The van der Waals surface area contributed by atoms with Gasteiger partial charge in [0.15, 0.2) is 0 Å². The van der Waals surface area contributed by atoms with Gasteiger partial charge in [-0.3, -0.25) is 14.6 Å². The summed E-state index contributed by atoms with van der Waals surface area (Å²) in [5, 5.41) is 23.4. The second kappa shape index (κ2) is 10.0. The van der Waals surface area contributed by atoms with Gasteiger partial charge in [-0.2, -0.15) is 0 Å². The molecule has 3 saturated carbocycles. The van der Waals surface area contributed by atoms with Crippen LogP contribution in [0.1, 0.15) is 50.4 Å². The van der Waals surface area contributed by atoms with Crippen LogP contribution in [0.25, 0.3) is 0 Å². The lowest BCUT2D eigenvalue weighted by Gasteiger charge is -2.66. The molecule has 6 aliphatic rings. The molecule has 2 bridgehead atoms. The van der Waals surface area contributed by atoms with Gasteiger partial charge >= 0.3 is 29.8 Å². The number of cyclic esters (lactones) is 3. The Morgan fingerprint density at radius 2 is 1.77 bits per heavy atom.